The zero-order chi connectivity index (χ0) is 23.6. The minimum absolute atomic E-state index is 0.121. The smallest absolute Gasteiger partial charge is 0.308 e. The van der Waals surface area contributed by atoms with Gasteiger partial charge in [-0.15, -0.1) is 0 Å². The van der Waals surface area contributed by atoms with Crippen molar-refractivity contribution in [1.82, 2.24) is 5.32 Å². The molecule has 0 radical (unpaired) electrons. The van der Waals surface area contributed by atoms with E-state index in [-0.39, 0.29) is 12.3 Å². The van der Waals surface area contributed by atoms with Gasteiger partial charge in [-0.25, -0.2) is 0 Å². The molecule has 0 unspecified atom stereocenters. The van der Waals surface area contributed by atoms with Crippen LogP contribution in [0.4, 0.5) is 5.69 Å². The zero-order valence-electron chi connectivity index (χ0n) is 18.5. The largest absolute Gasteiger partial charge is 0.495 e. The normalized spacial score (nSPS) is 11.2. The van der Waals surface area contributed by atoms with E-state index >= 15 is 0 Å². The predicted molar refractivity (Wildman–Crippen MR) is 125 cm³/mol. The van der Waals surface area contributed by atoms with E-state index in [1.807, 2.05) is 49.4 Å². The first-order valence-electron chi connectivity index (χ1n) is 10.5. The maximum Gasteiger partial charge on any atom is 0.308 e. The summed E-state index contributed by atoms with van der Waals surface area (Å²) >= 11 is 0. The zero-order valence-corrected chi connectivity index (χ0v) is 18.5. The fourth-order valence-corrected chi connectivity index (χ4v) is 3.25. The molecule has 1 atom stereocenters. The summed E-state index contributed by atoms with van der Waals surface area (Å²) in [6, 6.07) is 22.6. The van der Waals surface area contributed by atoms with Crippen LogP contribution < -0.4 is 15.4 Å². The first kappa shape index (κ1) is 23.5. The minimum Gasteiger partial charge on any atom is -0.495 e. The third-order valence-corrected chi connectivity index (χ3v) is 4.91. The standard InChI is InChI=1S/C26H26N2O5/c1-18-13-14-23(32-2)22(15-18)27-24(29)17-33-25(30)16-21(19-9-5-3-6-10-19)28-26(31)20-11-7-4-8-12-20/h3-15,21H,16-17H2,1-2H3,(H,27,29)(H,28,31)/t21-/m1/s1. The van der Waals surface area contributed by atoms with Gasteiger partial charge in [0.05, 0.1) is 25.3 Å². The predicted octanol–water partition coefficient (Wildman–Crippen LogP) is 4.05. The van der Waals surface area contributed by atoms with Gasteiger partial charge in [0.25, 0.3) is 11.8 Å². The van der Waals surface area contributed by atoms with Crippen molar-refractivity contribution in [1.29, 1.82) is 0 Å². The summed E-state index contributed by atoms with van der Waals surface area (Å²) in [5, 5.41) is 5.56. The molecule has 2 N–H and O–H groups in total. The van der Waals surface area contributed by atoms with Crippen molar-refractivity contribution in [3.8, 4) is 5.75 Å². The molecule has 3 aromatic carbocycles. The van der Waals surface area contributed by atoms with E-state index in [9.17, 15) is 14.4 Å². The summed E-state index contributed by atoms with van der Waals surface area (Å²) < 4.78 is 10.4. The fraction of sp³-hybridized carbons (Fsp3) is 0.192. The third kappa shape index (κ3) is 6.93. The van der Waals surface area contributed by atoms with E-state index in [0.29, 0.717) is 17.0 Å². The Morgan fingerprint density at radius 1 is 0.909 bits per heavy atom. The van der Waals surface area contributed by atoms with E-state index < -0.39 is 24.5 Å². The summed E-state index contributed by atoms with van der Waals surface area (Å²) in [4.78, 5) is 37.4. The number of rotatable bonds is 9. The number of carbonyl (C=O) groups excluding carboxylic acids is 3. The lowest BCUT2D eigenvalue weighted by Gasteiger charge is -2.19. The summed E-state index contributed by atoms with van der Waals surface area (Å²) in [6.45, 7) is 1.44. The molecule has 0 fully saturated rings. The summed E-state index contributed by atoms with van der Waals surface area (Å²) in [7, 11) is 1.51. The second-order valence-electron chi connectivity index (χ2n) is 7.42. The van der Waals surface area contributed by atoms with Gasteiger partial charge in [-0.1, -0.05) is 54.6 Å². The van der Waals surface area contributed by atoms with Crippen LogP contribution in [-0.4, -0.2) is 31.5 Å². The first-order chi connectivity index (χ1) is 16.0. The van der Waals surface area contributed by atoms with Crippen LogP contribution in [0.15, 0.2) is 78.9 Å². The van der Waals surface area contributed by atoms with Crippen LogP contribution in [0.2, 0.25) is 0 Å². The Morgan fingerprint density at radius 3 is 2.24 bits per heavy atom. The van der Waals surface area contributed by atoms with E-state index in [1.165, 1.54) is 7.11 Å². The second kappa shape index (κ2) is 11.5. The van der Waals surface area contributed by atoms with Crippen LogP contribution in [0.3, 0.4) is 0 Å². The van der Waals surface area contributed by atoms with E-state index in [2.05, 4.69) is 10.6 Å². The Hall–Kier alpha value is -4.13. The van der Waals surface area contributed by atoms with Crippen molar-refractivity contribution in [2.24, 2.45) is 0 Å². The molecule has 33 heavy (non-hydrogen) atoms. The number of ether oxygens (including phenoxy) is 2. The van der Waals surface area contributed by atoms with Crippen LogP contribution in [-0.2, 0) is 14.3 Å². The monoisotopic (exact) mass is 446 g/mol. The molecular formula is C26H26N2O5. The molecule has 0 bridgehead atoms. The van der Waals surface area contributed by atoms with Crippen molar-refractivity contribution in [3.63, 3.8) is 0 Å². The van der Waals surface area contributed by atoms with Crippen molar-refractivity contribution in [2.75, 3.05) is 19.0 Å². The van der Waals surface area contributed by atoms with Crippen LogP contribution >= 0.6 is 0 Å². The van der Waals surface area contributed by atoms with E-state index in [1.54, 1.807) is 36.4 Å². The Morgan fingerprint density at radius 2 is 1.58 bits per heavy atom. The summed E-state index contributed by atoms with van der Waals surface area (Å²) in [5.41, 5.74) is 2.68. The number of hydrogen-bond donors (Lipinski definition) is 2. The first-order valence-corrected chi connectivity index (χ1v) is 10.5. The van der Waals surface area contributed by atoms with Crippen LogP contribution in [0.1, 0.15) is 33.9 Å². The Kier molecular flexibility index (Phi) is 8.18. The molecule has 0 spiro atoms. The summed E-state index contributed by atoms with van der Waals surface area (Å²) in [5.74, 6) is -0.894. The lowest BCUT2D eigenvalue weighted by Crippen LogP contribution is -2.31. The number of anilines is 1. The molecule has 170 valence electrons. The van der Waals surface area contributed by atoms with Crippen LogP contribution in [0.25, 0.3) is 0 Å². The lowest BCUT2D eigenvalue weighted by atomic mass is 10.0. The number of methoxy groups -OCH3 is 1. The molecular weight excluding hydrogens is 420 g/mol. The number of aryl methyl sites for hydroxylation is 1. The van der Waals surface area contributed by atoms with Gasteiger partial charge in [-0.05, 0) is 42.3 Å². The molecule has 7 heteroatoms. The van der Waals surface area contributed by atoms with Gasteiger partial charge in [0, 0.05) is 5.56 Å². The molecule has 0 aliphatic carbocycles. The molecule has 0 saturated heterocycles. The highest BCUT2D eigenvalue weighted by molar-refractivity contribution is 5.95. The highest BCUT2D eigenvalue weighted by Gasteiger charge is 2.21. The SMILES string of the molecule is COc1ccc(C)cc1NC(=O)COC(=O)C[C@@H](NC(=O)c1ccccc1)c1ccccc1. The number of esters is 1. The fourth-order valence-electron chi connectivity index (χ4n) is 3.25. The molecule has 0 aliphatic heterocycles. The molecule has 0 heterocycles. The topological polar surface area (TPSA) is 93.7 Å². The highest BCUT2D eigenvalue weighted by atomic mass is 16.5. The lowest BCUT2D eigenvalue weighted by molar-refractivity contribution is -0.147. The van der Waals surface area contributed by atoms with Gasteiger partial charge in [0.2, 0.25) is 0 Å². The van der Waals surface area contributed by atoms with Crippen LogP contribution in [0.5, 0.6) is 5.75 Å². The van der Waals surface area contributed by atoms with Crippen molar-refractivity contribution in [2.45, 2.75) is 19.4 Å². The molecule has 3 rings (SSSR count). The number of carbonyl (C=O) groups is 3. The van der Waals surface area contributed by atoms with Gasteiger partial charge in [0.1, 0.15) is 5.75 Å². The van der Waals surface area contributed by atoms with Gasteiger partial charge in [0.15, 0.2) is 6.61 Å². The average molecular weight is 447 g/mol. The van der Waals surface area contributed by atoms with Gasteiger partial charge in [-0.2, -0.15) is 0 Å². The summed E-state index contributed by atoms with van der Waals surface area (Å²) in [6.07, 6.45) is -0.121. The third-order valence-electron chi connectivity index (χ3n) is 4.91. The number of hydrogen-bond acceptors (Lipinski definition) is 5. The van der Waals surface area contributed by atoms with E-state index in [4.69, 9.17) is 9.47 Å². The highest BCUT2D eigenvalue weighted by Crippen LogP contribution is 2.25. The molecule has 7 nitrogen and oxygen atoms in total. The number of nitrogens with one attached hydrogen (secondary N) is 2. The van der Waals surface area contributed by atoms with Crippen molar-refractivity contribution >= 4 is 23.5 Å². The van der Waals surface area contributed by atoms with Crippen molar-refractivity contribution < 1.29 is 23.9 Å². The Labute approximate surface area is 192 Å². The molecule has 3 aromatic rings. The minimum atomic E-state index is -0.608. The molecule has 2 amide bonds. The Bertz CT molecular complexity index is 1100. The maximum atomic E-state index is 12.6. The van der Waals surface area contributed by atoms with Gasteiger partial charge in [-0.3, -0.25) is 14.4 Å². The molecule has 0 aliphatic rings. The number of amides is 2. The quantitative estimate of drug-likeness (QED) is 0.484. The Balaban J connectivity index is 1.61. The molecule has 0 aromatic heterocycles. The van der Waals surface area contributed by atoms with Crippen LogP contribution in [0, 0.1) is 6.92 Å². The maximum absolute atomic E-state index is 12.6. The van der Waals surface area contributed by atoms with Gasteiger partial charge < -0.3 is 20.1 Å². The second-order valence-corrected chi connectivity index (χ2v) is 7.42. The van der Waals surface area contributed by atoms with Crippen molar-refractivity contribution in [3.05, 3.63) is 95.6 Å². The average Bonchev–Trinajstić information content (AvgIpc) is 2.83. The van der Waals surface area contributed by atoms with E-state index in [0.717, 1.165) is 11.1 Å². The van der Waals surface area contributed by atoms with Gasteiger partial charge >= 0.3 is 5.97 Å². The molecule has 0 saturated carbocycles. The number of benzene rings is 3.